The highest BCUT2D eigenvalue weighted by Crippen LogP contribution is 2.39. The Kier molecular flexibility index (Phi) is 4.13. The van der Waals surface area contributed by atoms with Gasteiger partial charge in [0.1, 0.15) is 13.2 Å². The van der Waals surface area contributed by atoms with Gasteiger partial charge in [-0.05, 0) is 42.7 Å². The average Bonchev–Trinajstić information content (AvgIpc) is 3.17. The molecule has 3 heterocycles. The smallest absolute Gasteiger partial charge is 0.358 e. The molecule has 1 aromatic carbocycles. The van der Waals surface area contributed by atoms with E-state index in [4.69, 9.17) is 9.47 Å². The monoisotopic (exact) mass is 341 g/mol. The van der Waals surface area contributed by atoms with Gasteiger partial charge in [-0.25, -0.2) is 4.79 Å². The number of benzene rings is 1. The predicted octanol–water partition coefficient (Wildman–Crippen LogP) is 2.38. The Hall–Kier alpha value is -2.83. The van der Waals surface area contributed by atoms with Crippen molar-refractivity contribution in [2.75, 3.05) is 31.8 Å². The van der Waals surface area contributed by atoms with E-state index < -0.39 is 5.97 Å². The lowest BCUT2D eigenvalue weighted by Crippen LogP contribution is -2.24. The standard InChI is InChI=1S/C18H19N3O4/c1-23-18(22)13-5-7-17(20-19-13)21-8-2-3-14(21)12-4-6-15-16(11-12)25-10-9-24-15/h4-7,11,14H,2-3,8-10H2,1H3. The van der Waals surface area contributed by atoms with Crippen molar-refractivity contribution >= 4 is 11.8 Å². The minimum Gasteiger partial charge on any atom is -0.486 e. The quantitative estimate of drug-likeness (QED) is 0.794. The SMILES string of the molecule is COC(=O)c1ccc(N2CCCC2c2ccc3c(c2)OCCO3)nn1. The molecule has 0 aliphatic carbocycles. The number of rotatable bonds is 3. The molecule has 0 spiro atoms. The fourth-order valence-corrected chi connectivity index (χ4v) is 3.35. The van der Waals surface area contributed by atoms with Crippen LogP contribution in [0.2, 0.25) is 0 Å². The molecule has 130 valence electrons. The predicted molar refractivity (Wildman–Crippen MR) is 90.1 cm³/mol. The molecule has 1 saturated heterocycles. The van der Waals surface area contributed by atoms with Gasteiger partial charge in [0.15, 0.2) is 23.0 Å². The molecule has 0 amide bonds. The third-order valence-electron chi connectivity index (χ3n) is 4.54. The zero-order valence-corrected chi connectivity index (χ0v) is 14.0. The van der Waals surface area contributed by atoms with E-state index in [0.29, 0.717) is 13.2 Å². The minimum absolute atomic E-state index is 0.203. The van der Waals surface area contributed by atoms with Crippen LogP contribution in [0.3, 0.4) is 0 Å². The van der Waals surface area contributed by atoms with Gasteiger partial charge in [-0.1, -0.05) is 6.07 Å². The van der Waals surface area contributed by atoms with Crippen molar-refractivity contribution in [1.29, 1.82) is 0 Å². The Morgan fingerprint density at radius 1 is 1.16 bits per heavy atom. The normalized spacial score (nSPS) is 18.9. The molecular weight excluding hydrogens is 322 g/mol. The van der Waals surface area contributed by atoms with Crippen LogP contribution in [0.1, 0.15) is 34.9 Å². The van der Waals surface area contributed by atoms with Crippen LogP contribution in [-0.2, 0) is 4.74 Å². The molecule has 2 aliphatic rings. The lowest BCUT2D eigenvalue weighted by molar-refractivity contribution is 0.0592. The molecule has 2 aliphatic heterocycles. The number of methoxy groups -OCH3 is 1. The van der Waals surface area contributed by atoms with Gasteiger partial charge in [0.25, 0.3) is 0 Å². The van der Waals surface area contributed by atoms with Crippen molar-refractivity contribution in [2.45, 2.75) is 18.9 Å². The lowest BCUT2D eigenvalue weighted by Gasteiger charge is -2.27. The number of aromatic nitrogens is 2. The topological polar surface area (TPSA) is 73.8 Å². The van der Waals surface area contributed by atoms with Crippen molar-refractivity contribution in [3.8, 4) is 11.5 Å². The third-order valence-corrected chi connectivity index (χ3v) is 4.54. The average molecular weight is 341 g/mol. The summed E-state index contributed by atoms with van der Waals surface area (Å²) < 4.78 is 16.0. The molecule has 0 radical (unpaired) electrons. The number of fused-ring (bicyclic) bond motifs is 1. The van der Waals surface area contributed by atoms with E-state index >= 15 is 0 Å². The maximum atomic E-state index is 11.5. The first kappa shape index (κ1) is 15.7. The van der Waals surface area contributed by atoms with E-state index in [0.717, 1.165) is 36.7 Å². The van der Waals surface area contributed by atoms with Gasteiger partial charge >= 0.3 is 5.97 Å². The number of hydrogen-bond donors (Lipinski definition) is 0. The first-order valence-corrected chi connectivity index (χ1v) is 8.34. The highest BCUT2D eigenvalue weighted by Gasteiger charge is 2.28. The number of nitrogens with zero attached hydrogens (tertiary/aromatic N) is 3. The Balaban J connectivity index is 1.59. The number of carbonyl (C=O) groups is 1. The third kappa shape index (κ3) is 2.97. The van der Waals surface area contributed by atoms with E-state index in [1.54, 1.807) is 6.07 Å². The van der Waals surface area contributed by atoms with Crippen LogP contribution in [-0.4, -0.2) is 43.0 Å². The van der Waals surface area contributed by atoms with Crippen LogP contribution in [0.5, 0.6) is 11.5 Å². The Bertz CT molecular complexity index is 778. The van der Waals surface area contributed by atoms with E-state index in [1.165, 1.54) is 12.7 Å². The van der Waals surface area contributed by atoms with Crippen molar-refractivity contribution < 1.29 is 19.0 Å². The van der Waals surface area contributed by atoms with Crippen molar-refractivity contribution in [3.63, 3.8) is 0 Å². The summed E-state index contributed by atoms with van der Waals surface area (Å²) >= 11 is 0. The summed E-state index contributed by atoms with van der Waals surface area (Å²) in [5.41, 5.74) is 1.38. The fraction of sp³-hybridized carbons (Fsp3) is 0.389. The van der Waals surface area contributed by atoms with E-state index in [2.05, 4.69) is 25.9 Å². The fourth-order valence-electron chi connectivity index (χ4n) is 3.35. The summed E-state index contributed by atoms with van der Waals surface area (Å²) in [7, 11) is 1.33. The second kappa shape index (κ2) is 6.58. The number of esters is 1. The summed E-state index contributed by atoms with van der Waals surface area (Å²) in [5, 5.41) is 8.19. The summed E-state index contributed by atoms with van der Waals surface area (Å²) in [4.78, 5) is 13.7. The van der Waals surface area contributed by atoms with Crippen molar-refractivity contribution in [1.82, 2.24) is 10.2 Å². The van der Waals surface area contributed by atoms with Crippen LogP contribution in [0.4, 0.5) is 5.82 Å². The van der Waals surface area contributed by atoms with Crippen LogP contribution < -0.4 is 14.4 Å². The number of carbonyl (C=O) groups excluding carboxylic acids is 1. The van der Waals surface area contributed by atoms with Crippen molar-refractivity contribution in [2.24, 2.45) is 0 Å². The molecular formula is C18H19N3O4. The number of hydrogen-bond acceptors (Lipinski definition) is 7. The van der Waals surface area contributed by atoms with Gasteiger partial charge in [-0.3, -0.25) is 0 Å². The first-order chi connectivity index (χ1) is 12.3. The van der Waals surface area contributed by atoms with Crippen molar-refractivity contribution in [3.05, 3.63) is 41.6 Å². The largest absolute Gasteiger partial charge is 0.486 e. The summed E-state index contributed by atoms with van der Waals surface area (Å²) in [5.74, 6) is 1.86. The lowest BCUT2D eigenvalue weighted by atomic mass is 10.0. The summed E-state index contributed by atoms with van der Waals surface area (Å²) in [6.07, 6.45) is 2.10. The molecule has 7 nitrogen and oxygen atoms in total. The van der Waals surface area contributed by atoms with Gasteiger partial charge in [0, 0.05) is 6.54 Å². The van der Waals surface area contributed by atoms with E-state index in [9.17, 15) is 4.79 Å². The van der Waals surface area contributed by atoms with Gasteiger partial charge < -0.3 is 19.1 Å². The maximum Gasteiger partial charge on any atom is 0.358 e. The molecule has 25 heavy (non-hydrogen) atoms. The first-order valence-electron chi connectivity index (χ1n) is 8.34. The van der Waals surface area contributed by atoms with Crippen LogP contribution >= 0.6 is 0 Å². The Labute approximate surface area is 145 Å². The van der Waals surface area contributed by atoms with Gasteiger partial charge in [-0.15, -0.1) is 10.2 Å². The summed E-state index contributed by atoms with van der Waals surface area (Å²) in [6, 6.07) is 9.75. The highest BCUT2D eigenvalue weighted by atomic mass is 16.6. The number of ether oxygens (including phenoxy) is 3. The molecule has 7 heteroatoms. The molecule has 2 aromatic rings. The molecule has 1 atom stereocenters. The highest BCUT2D eigenvalue weighted by molar-refractivity contribution is 5.87. The molecule has 0 N–H and O–H groups in total. The zero-order valence-electron chi connectivity index (χ0n) is 14.0. The molecule has 4 rings (SSSR count). The Morgan fingerprint density at radius 2 is 2.00 bits per heavy atom. The second-order valence-corrected chi connectivity index (χ2v) is 6.02. The van der Waals surface area contributed by atoms with E-state index in [-0.39, 0.29) is 11.7 Å². The van der Waals surface area contributed by atoms with Crippen LogP contribution in [0.15, 0.2) is 30.3 Å². The molecule has 1 aromatic heterocycles. The van der Waals surface area contributed by atoms with Gasteiger partial charge in [0.2, 0.25) is 0 Å². The molecule has 1 unspecified atom stereocenters. The maximum absolute atomic E-state index is 11.5. The number of anilines is 1. The van der Waals surface area contributed by atoms with E-state index in [1.807, 2.05) is 18.2 Å². The summed E-state index contributed by atoms with van der Waals surface area (Å²) in [6.45, 7) is 2.06. The molecule has 1 fully saturated rings. The van der Waals surface area contributed by atoms with Gasteiger partial charge in [-0.2, -0.15) is 0 Å². The van der Waals surface area contributed by atoms with Crippen LogP contribution in [0, 0.1) is 0 Å². The second-order valence-electron chi connectivity index (χ2n) is 6.02. The van der Waals surface area contributed by atoms with Gasteiger partial charge in [0.05, 0.1) is 13.2 Å². The Morgan fingerprint density at radius 3 is 2.76 bits per heavy atom. The molecule has 0 bridgehead atoms. The molecule has 0 saturated carbocycles. The van der Waals surface area contributed by atoms with Crippen LogP contribution in [0.25, 0.3) is 0 Å². The zero-order chi connectivity index (χ0) is 17.2. The minimum atomic E-state index is -0.483.